The topological polar surface area (TPSA) is 21.3 Å². The third-order valence-electron chi connectivity index (χ3n) is 3.29. The quantitative estimate of drug-likeness (QED) is 0.859. The summed E-state index contributed by atoms with van der Waals surface area (Å²) in [6.07, 6.45) is 1.37. The number of nitrogens with one attached hydrogen (secondary N) is 1. The molecule has 0 aliphatic carbocycles. The molecule has 94 valence electrons. The second-order valence-electron chi connectivity index (χ2n) is 4.39. The molecule has 0 bridgehead atoms. The number of benzene rings is 1. The molecule has 0 aromatic heterocycles. The number of methoxy groups -OCH3 is 1. The maximum atomic E-state index is 14.8. The maximum Gasteiger partial charge on any atom is 0.171 e. The predicted molar refractivity (Wildman–Crippen MR) is 62.5 cm³/mol. The molecular formula is C13H17F2NO. The molecule has 1 N–H and O–H groups in total. The molecule has 0 spiro atoms. The highest BCUT2D eigenvalue weighted by Gasteiger charge is 2.35. The van der Waals surface area contributed by atoms with Crippen LogP contribution in [0.25, 0.3) is 0 Å². The van der Waals surface area contributed by atoms with Crippen molar-refractivity contribution < 1.29 is 13.5 Å². The lowest BCUT2D eigenvalue weighted by Crippen LogP contribution is -2.23. The van der Waals surface area contributed by atoms with Crippen molar-refractivity contribution in [2.24, 2.45) is 0 Å². The number of alkyl halides is 1. The monoisotopic (exact) mass is 241 g/mol. The normalized spacial score (nSPS) is 25.4. The number of hydrogen-bond acceptors (Lipinski definition) is 2. The van der Waals surface area contributed by atoms with Gasteiger partial charge in [-0.3, -0.25) is 0 Å². The minimum atomic E-state index is -1.58. The van der Waals surface area contributed by atoms with Crippen LogP contribution in [-0.4, -0.2) is 20.2 Å². The fourth-order valence-electron chi connectivity index (χ4n) is 2.31. The van der Waals surface area contributed by atoms with E-state index in [9.17, 15) is 8.78 Å². The van der Waals surface area contributed by atoms with Gasteiger partial charge in [0.2, 0.25) is 0 Å². The molecule has 2 nitrogen and oxygen atoms in total. The largest absolute Gasteiger partial charge is 0.494 e. The molecule has 0 radical (unpaired) electrons. The van der Waals surface area contributed by atoms with Gasteiger partial charge in [0.25, 0.3) is 0 Å². The molecule has 1 aliphatic rings. The van der Waals surface area contributed by atoms with Crippen LogP contribution in [0.5, 0.6) is 5.75 Å². The Labute approximate surface area is 100.0 Å². The second kappa shape index (κ2) is 5.00. The third kappa shape index (κ3) is 2.41. The van der Waals surface area contributed by atoms with Crippen molar-refractivity contribution in [2.45, 2.75) is 24.9 Å². The average Bonchev–Trinajstić information content (AvgIpc) is 2.55. The lowest BCUT2D eigenvalue weighted by atomic mass is 9.88. The summed E-state index contributed by atoms with van der Waals surface area (Å²) >= 11 is 0. The number of hydrogen-bond donors (Lipinski definition) is 1. The zero-order valence-electron chi connectivity index (χ0n) is 9.93. The van der Waals surface area contributed by atoms with Crippen LogP contribution < -0.4 is 10.1 Å². The SMILES string of the molecule is COc1cccc(C2(F)CCCNCC2)c1F. The van der Waals surface area contributed by atoms with Gasteiger partial charge in [0.05, 0.1) is 7.11 Å². The van der Waals surface area contributed by atoms with Gasteiger partial charge in [-0.1, -0.05) is 12.1 Å². The van der Waals surface area contributed by atoms with Crippen molar-refractivity contribution in [3.05, 3.63) is 29.6 Å². The fraction of sp³-hybridized carbons (Fsp3) is 0.538. The summed E-state index contributed by atoms with van der Waals surface area (Å²) in [6.45, 7) is 1.37. The molecule has 17 heavy (non-hydrogen) atoms. The van der Waals surface area contributed by atoms with Gasteiger partial charge in [-0.25, -0.2) is 8.78 Å². The molecule has 0 amide bonds. The van der Waals surface area contributed by atoms with E-state index in [0.717, 1.165) is 6.54 Å². The van der Waals surface area contributed by atoms with Gasteiger partial charge in [0.1, 0.15) is 5.67 Å². The number of halogens is 2. The summed E-state index contributed by atoms with van der Waals surface area (Å²) in [6, 6.07) is 4.66. The minimum Gasteiger partial charge on any atom is -0.494 e. The van der Waals surface area contributed by atoms with E-state index >= 15 is 0 Å². The van der Waals surface area contributed by atoms with E-state index in [1.807, 2.05) is 0 Å². The second-order valence-corrected chi connectivity index (χ2v) is 4.39. The van der Waals surface area contributed by atoms with E-state index < -0.39 is 11.5 Å². The van der Waals surface area contributed by atoms with Gasteiger partial charge in [-0.05, 0) is 38.4 Å². The van der Waals surface area contributed by atoms with Crippen molar-refractivity contribution in [3.8, 4) is 5.75 Å². The van der Waals surface area contributed by atoms with Crippen molar-refractivity contribution in [1.82, 2.24) is 5.32 Å². The third-order valence-corrected chi connectivity index (χ3v) is 3.29. The summed E-state index contributed by atoms with van der Waals surface area (Å²) in [5.41, 5.74) is -1.46. The highest BCUT2D eigenvalue weighted by Crippen LogP contribution is 2.39. The molecule has 1 atom stereocenters. The van der Waals surface area contributed by atoms with Crippen molar-refractivity contribution in [3.63, 3.8) is 0 Å². The molecule has 4 heteroatoms. The van der Waals surface area contributed by atoms with Gasteiger partial charge in [-0.2, -0.15) is 0 Å². The first-order valence-electron chi connectivity index (χ1n) is 5.90. The lowest BCUT2D eigenvalue weighted by molar-refractivity contribution is 0.138. The smallest absolute Gasteiger partial charge is 0.171 e. The van der Waals surface area contributed by atoms with Gasteiger partial charge in [-0.15, -0.1) is 0 Å². The van der Waals surface area contributed by atoms with Crippen LogP contribution in [0.15, 0.2) is 18.2 Å². The van der Waals surface area contributed by atoms with Crippen LogP contribution in [0, 0.1) is 5.82 Å². The summed E-state index contributed by atoms with van der Waals surface area (Å²) < 4.78 is 33.8. The first-order chi connectivity index (χ1) is 8.17. The first kappa shape index (κ1) is 12.3. The Morgan fingerprint density at radius 1 is 1.29 bits per heavy atom. The molecule has 1 saturated heterocycles. The Kier molecular flexibility index (Phi) is 3.62. The zero-order chi connectivity index (χ0) is 12.3. The Morgan fingerprint density at radius 2 is 2.12 bits per heavy atom. The molecule has 2 rings (SSSR count). The fourth-order valence-corrected chi connectivity index (χ4v) is 2.31. The first-order valence-corrected chi connectivity index (χ1v) is 5.90. The number of ether oxygens (including phenoxy) is 1. The highest BCUT2D eigenvalue weighted by atomic mass is 19.1. The highest BCUT2D eigenvalue weighted by molar-refractivity contribution is 5.35. The van der Waals surface area contributed by atoms with Gasteiger partial charge in [0.15, 0.2) is 11.6 Å². The Hall–Kier alpha value is -1.16. The summed E-state index contributed by atoms with van der Waals surface area (Å²) in [5.74, 6) is -0.462. The predicted octanol–water partition coefficient (Wildman–Crippen LogP) is 2.77. The molecule has 1 aromatic rings. The molecule has 1 aromatic carbocycles. The molecular weight excluding hydrogens is 224 g/mol. The Balaban J connectivity index is 2.37. The van der Waals surface area contributed by atoms with Crippen molar-refractivity contribution in [2.75, 3.05) is 20.2 Å². The van der Waals surface area contributed by atoms with Crippen LogP contribution in [0.3, 0.4) is 0 Å². The van der Waals surface area contributed by atoms with E-state index in [1.54, 1.807) is 6.07 Å². The van der Waals surface area contributed by atoms with Gasteiger partial charge in [0, 0.05) is 5.56 Å². The van der Waals surface area contributed by atoms with E-state index in [0.29, 0.717) is 25.8 Å². The van der Waals surface area contributed by atoms with Crippen molar-refractivity contribution in [1.29, 1.82) is 0 Å². The molecule has 1 aliphatic heterocycles. The summed E-state index contributed by atoms with van der Waals surface area (Å²) in [4.78, 5) is 0. The summed E-state index contributed by atoms with van der Waals surface area (Å²) in [5, 5.41) is 3.13. The van der Waals surface area contributed by atoms with Gasteiger partial charge >= 0.3 is 0 Å². The Morgan fingerprint density at radius 3 is 2.88 bits per heavy atom. The lowest BCUT2D eigenvalue weighted by Gasteiger charge is -2.24. The van der Waals surface area contributed by atoms with E-state index in [4.69, 9.17) is 4.74 Å². The van der Waals surface area contributed by atoms with Gasteiger partial charge < -0.3 is 10.1 Å². The van der Waals surface area contributed by atoms with Crippen LogP contribution >= 0.6 is 0 Å². The molecule has 1 fully saturated rings. The van der Waals surface area contributed by atoms with Crippen LogP contribution in [-0.2, 0) is 5.67 Å². The average molecular weight is 241 g/mol. The minimum absolute atomic E-state index is 0.108. The van der Waals surface area contributed by atoms with Crippen LogP contribution in [0.4, 0.5) is 8.78 Å². The summed E-state index contributed by atoms with van der Waals surface area (Å²) in [7, 11) is 1.39. The maximum absolute atomic E-state index is 14.8. The van der Waals surface area contributed by atoms with Crippen LogP contribution in [0.2, 0.25) is 0 Å². The molecule has 1 unspecified atom stereocenters. The van der Waals surface area contributed by atoms with E-state index in [2.05, 4.69) is 5.32 Å². The van der Waals surface area contributed by atoms with Crippen molar-refractivity contribution >= 4 is 0 Å². The Bertz CT molecular complexity index is 387. The van der Waals surface area contributed by atoms with E-state index in [1.165, 1.54) is 19.2 Å². The number of rotatable bonds is 2. The molecule has 1 heterocycles. The zero-order valence-corrected chi connectivity index (χ0v) is 9.93. The molecule has 0 saturated carbocycles. The van der Waals surface area contributed by atoms with E-state index in [-0.39, 0.29) is 11.3 Å². The van der Waals surface area contributed by atoms with Crippen LogP contribution in [0.1, 0.15) is 24.8 Å². The standard InChI is InChI=1S/C13H17F2NO/c1-17-11-5-2-4-10(12(11)14)13(15)6-3-8-16-9-7-13/h2,4-5,16H,3,6-9H2,1H3.